The molecule has 5 heteroatoms. The van der Waals surface area contributed by atoms with E-state index in [4.69, 9.17) is 16.7 Å². The molecule has 0 saturated heterocycles. The number of hydrogen-bond donors (Lipinski definition) is 2. The summed E-state index contributed by atoms with van der Waals surface area (Å²) in [6, 6.07) is 8.83. The first-order chi connectivity index (χ1) is 9.60. The van der Waals surface area contributed by atoms with Crippen molar-refractivity contribution in [2.45, 2.75) is 6.92 Å². The molecule has 0 saturated carbocycles. The molecule has 20 heavy (non-hydrogen) atoms. The Balaban J connectivity index is 2.11. The van der Waals surface area contributed by atoms with Crippen LogP contribution in [0.3, 0.4) is 0 Å². The molecule has 0 atom stereocenters. The molecule has 0 spiro atoms. The molecule has 0 unspecified atom stereocenters. The summed E-state index contributed by atoms with van der Waals surface area (Å²) in [6.45, 7) is 1.71. The third-order valence-corrected chi connectivity index (χ3v) is 3.96. The number of aryl methyl sites for hydroxylation is 1. The Labute approximate surface area is 126 Å². The molecular formula is C15H12ClNO2S. The maximum atomic E-state index is 12.1. The first-order valence-electron chi connectivity index (χ1n) is 5.87. The lowest BCUT2D eigenvalue weighted by Crippen LogP contribution is -2.09. The van der Waals surface area contributed by atoms with Crippen LogP contribution < -0.4 is 5.32 Å². The number of aliphatic hydroxyl groups is 1. The van der Waals surface area contributed by atoms with Crippen molar-refractivity contribution in [1.29, 1.82) is 0 Å². The van der Waals surface area contributed by atoms with Crippen molar-refractivity contribution in [1.82, 2.24) is 0 Å². The van der Waals surface area contributed by atoms with Gasteiger partial charge in [0.1, 0.15) is 6.61 Å². The number of amides is 1. The molecule has 102 valence electrons. The van der Waals surface area contributed by atoms with Crippen molar-refractivity contribution in [3.8, 4) is 11.8 Å². The Morgan fingerprint density at radius 2 is 2.20 bits per heavy atom. The van der Waals surface area contributed by atoms with Gasteiger partial charge in [0.05, 0.1) is 9.75 Å². The van der Waals surface area contributed by atoms with E-state index < -0.39 is 0 Å². The molecule has 1 aromatic carbocycles. The molecule has 0 radical (unpaired) electrons. The molecule has 2 aromatic rings. The molecule has 0 aliphatic rings. The smallest absolute Gasteiger partial charge is 0.265 e. The van der Waals surface area contributed by atoms with Crippen molar-refractivity contribution in [2.75, 3.05) is 11.9 Å². The fourth-order valence-corrected chi connectivity index (χ4v) is 2.47. The van der Waals surface area contributed by atoms with Crippen molar-refractivity contribution < 1.29 is 9.90 Å². The van der Waals surface area contributed by atoms with Crippen molar-refractivity contribution in [3.05, 3.63) is 50.7 Å². The summed E-state index contributed by atoms with van der Waals surface area (Å²) in [5, 5.41) is 12.0. The zero-order chi connectivity index (χ0) is 14.5. The van der Waals surface area contributed by atoms with Gasteiger partial charge in [0.2, 0.25) is 0 Å². The van der Waals surface area contributed by atoms with Gasteiger partial charge in [0.15, 0.2) is 0 Å². The molecule has 3 nitrogen and oxygen atoms in total. The molecule has 2 N–H and O–H groups in total. The van der Waals surface area contributed by atoms with Gasteiger partial charge in [-0.05, 0) is 36.8 Å². The van der Waals surface area contributed by atoms with Gasteiger partial charge in [-0.1, -0.05) is 29.5 Å². The second-order valence-corrected chi connectivity index (χ2v) is 5.53. The Morgan fingerprint density at radius 1 is 1.40 bits per heavy atom. The molecule has 2 rings (SSSR count). The highest BCUT2D eigenvalue weighted by Crippen LogP contribution is 2.22. The van der Waals surface area contributed by atoms with Crippen LogP contribution in [0.15, 0.2) is 30.3 Å². The summed E-state index contributed by atoms with van der Waals surface area (Å²) in [5.74, 6) is 5.11. The molecule has 0 fully saturated rings. The molecule has 0 aliphatic carbocycles. The highest BCUT2D eigenvalue weighted by molar-refractivity contribution is 7.14. The number of aliphatic hydroxyl groups excluding tert-OH is 1. The van der Waals surface area contributed by atoms with Gasteiger partial charge in [-0.3, -0.25) is 4.79 Å². The summed E-state index contributed by atoms with van der Waals surface area (Å²) in [7, 11) is 0. The number of benzene rings is 1. The number of anilines is 1. The van der Waals surface area contributed by atoms with E-state index in [9.17, 15) is 4.79 Å². The lowest BCUT2D eigenvalue weighted by Gasteiger charge is -2.05. The Bertz CT molecular complexity index is 697. The number of rotatable bonds is 2. The van der Waals surface area contributed by atoms with E-state index in [2.05, 4.69) is 17.2 Å². The molecule has 0 bridgehead atoms. The van der Waals surface area contributed by atoms with Crippen LogP contribution in [0.2, 0.25) is 5.02 Å². The van der Waals surface area contributed by atoms with Crippen molar-refractivity contribution in [2.24, 2.45) is 0 Å². The first-order valence-corrected chi connectivity index (χ1v) is 7.06. The van der Waals surface area contributed by atoms with Gasteiger partial charge in [0, 0.05) is 10.7 Å². The topological polar surface area (TPSA) is 49.3 Å². The Hall–Kier alpha value is -1.80. The average Bonchev–Trinajstić information content (AvgIpc) is 2.89. The second kappa shape index (κ2) is 6.58. The van der Waals surface area contributed by atoms with E-state index in [0.717, 1.165) is 10.4 Å². The average molecular weight is 306 g/mol. The lowest BCUT2D eigenvalue weighted by molar-refractivity contribution is 0.103. The number of carbonyl (C=O) groups excluding carboxylic acids is 1. The number of thiophene rings is 1. The van der Waals surface area contributed by atoms with Crippen LogP contribution in [0.1, 0.15) is 20.1 Å². The summed E-state index contributed by atoms with van der Waals surface area (Å²) in [4.78, 5) is 13.4. The number of nitrogens with one attached hydrogen (secondary N) is 1. The van der Waals surface area contributed by atoms with E-state index in [0.29, 0.717) is 15.6 Å². The normalized spacial score (nSPS) is 9.75. The third-order valence-electron chi connectivity index (χ3n) is 2.55. The summed E-state index contributed by atoms with van der Waals surface area (Å²) in [6.07, 6.45) is 0. The predicted octanol–water partition coefficient (Wildman–Crippen LogP) is 3.31. The molecule has 1 heterocycles. The molecular weight excluding hydrogens is 294 g/mol. The van der Waals surface area contributed by atoms with Crippen LogP contribution in [0.25, 0.3) is 0 Å². The monoisotopic (exact) mass is 305 g/mol. The number of carbonyl (C=O) groups is 1. The quantitative estimate of drug-likeness (QED) is 0.836. The SMILES string of the molecule is Cc1ccc(NC(=O)c2ccc(C#CCO)s2)cc1Cl. The second-order valence-electron chi connectivity index (χ2n) is 4.04. The standard InChI is InChI=1S/C15H12ClNO2S/c1-10-4-5-11(9-13(10)16)17-15(19)14-7-6-12(20-14)3-2-8-18/h4-7,9,18H,8H2,1H3,(H,17,19). The van der Waals surface area contributed by atoms with Gasteiger partial charge in [-0.25, -0.2) is 0 Å². The van der Waals surface area contributed by atoms with Crippen LogP contribution in [0.4, 0.5) is 5.69 Å². The Morgan fingerprint density at radius 3 is 2.90 bits per heavy atom. The number of halogens is 1. The van der Waals surface area contributed by atoms with Gasteiger partial charge < -0.3 is 10.4 Å². The summed E-state index contributed by atoms with van der Waals surface area (Å²) < 4.78 is 0. The van der Waals surface area contributed by atoms with E-state index in [1.165, 1.54) is 11.3 Å². The minimum Gasteiger partial charge on any atom is -0.384 e. The number of hydrogen-bond acceptors (Lipinski definition) is 3. The van der Waals surface area contributed by atoms with Crippen LogP contribution in [0.5, 0.6) is 0 Å². The van der Waals surface area contributed by atoms with E-state index in [1.807, 2.05) is 13.0 Å². The highest BCUT2D eigenvalue weighted by Gasteiger charge is 2.09. The summed E-state index contributed by atoms with van der Waals surface area (Å²) >= 11 is 7.29. The van der Waals surface area contributed by atoms with Gasteiger partial charge in [0.25, 0.3) is 5.91 Å². The van der Waals surface area contributed by atoms with E-state index in [1.54, 1.807) is 24.3 Å². The van der Waals surface area contributed by atoms with E-state index in [-0.39, 0.29) is 12.5 Å². The predicted molar refractivity (Wildman–Crippen MR) is 82.4 cm³/mol. The zero-order valence-electron chi connectivity index (χ0n) is 10.7. The van der Waals surface area contributed by atoms with Gasteiger partial charge in [-0.2, -0.15) is 0 Å². The minimum atomic E-state index is -0.202. The maximum Gasteiger partial charge on any atom is 0.265 e. The van der Waals surface area contributed by atoms with Crippen LogP contribution in [-0.4, -0.2) is 17.6 Å². The Kier molecular flexibility index (Phi) is 4.80. The van der Waals surface area contributed by atoms with Crippen LogP contribution in [0, 0.1) is 18.8 Å². The van der Waals surface area contributed by atoms with E-state index >= 15 is 0 Å². The molecule has 1 amide bonds. The van der Waals surface area contributed by atoms with Crippen molar-refractivity contribution in [3.63, 3.8) is 0 Å². The fraction of sp³-hybridized carbons (Fsp3) is 0.133. The van der Waals surface area contributed by atoms with Gasteiger partial charge in [-0.15, -0.1) is 11.3 Å². The fourth-order valence-electron chi connectivity index (χ4n) is 1.52. The van der Waals surface area contributed by atoms with Crippen LogP contribution >= 0.6 is 22.9 Å². The molecule has 1 aromatic heterocycles. The zero-order valence-corrected chi connectivity index (χ0v) is 12.3. The maximum absolute atomic E-state index is 12.1. The lowest BCUT2D eigenvalue weighted by atomic mass is 10.2. The van der Waals surface area contributed by atoms with Crippen LogP contribution in [-0.2, 0) is 0 Å². The highest BCUT2D eigenvalue weighted by atomic mass is 35.5. The summed E-state index contributed by atoms with van der Waals surface area (Å²) in [5.41, 5.74) is 1.62. The minimum absolute atomic E-state index is 0.193. The third kappa shape index (κ3) is 3.61. The van der Waals surface area contributed by atoms with Crippen molar-refractivity contribution >= 4 is 34.5 Å². The first kappa shape index (κ1) is 14.6. The largest absolute Gasteiger partial charge is 0.384 e. The van der Waals surface area contributed by atoms with Gasteiger partial charge >= 0.3 is 0 Å². The molecule has 0 aliphatic heterocycles.